The maximum absolute atomic E-state index is 6.57. The molecule has 0 aliphatic rings. The summed E-state index contributed by atoms with van der Waals surface area (Å²) in [5.74, 6) is 1.83. The average molecular weight is 731 g/mol. The van der Waals surface area contributed by atoms with Crippen LogP contribution in [-0.4, -0.2) is 19.5 Å². The molecule has 0 N–H and O–H groups in total. The van der Waals surface area contributed by atoms with Gasteiger partial charge in [0.25, 0.3) is 0 Å². The average Bonchev–Trinajstić information content (AvgIpc) is 3.95. The fourth-order valence-electron chi connectivity index (χ4n) is 8.42. The number of aromatic nitrogens is 4. The normalized spacial score (nSPS) is 11.9. The first-order valence-corrected chi connectivity index (χ1v) is 19.0. The quantitative estimate of drug-likeness (QED) is 0.176. The Hall–Kier alpha value is -7.83. The monoisotopic (exact) mass is 730 g/mol. The summed E-state index contributed by atoms with van der Waals surface area (Å²) in [6, 6.07) is 62.7. The molecule has 12 rings (SSSR count). The molecule has 0 unspecified atom stereocenters. The van der Waals surface area contributed by atoms with E-state index in [-0.39, 0.29) is 0 Å². The van der Waals surface area contributed by atoms with Gasteiger partial charge in [0, 0.05) is 60.8 Å². The van der Waals surface area contributed by atoms with Crippen LogP contribution in [-0.2, 0) is 0 Å². The summed E-state index contributed by atoms with van der Waals surface area (Å²) in [4.78, 5) is 14.8. The fraction of sp³-hybridized carbons (Fsp3) is 0. The summed E-state index contributed by atoms with van der Waals surface area (Å²) in [6.07, 6.45) is 0. The number of nitrogens with zero attached hydrogens (tertiary/aromatic N) is 4. The number of hydrogen-bond donors (Lipinski definition) is 0. The van der Waals surface area contributed by atoms with Crippen molar-refractivity contribution in [2.75, 3.05) is 0 Å². The number of furan rings is 2. The molecule has 0 atom stereocenters. The van der Waals surface area contributed by atoms with Gasteiger partial charge in [-0.1, -0.05) is 121 Å². The molecule has 6 heteroatoms. The van der Waals surface area contributed by atoms with Crippen molar-refractivity contribution >= 4 is 65.7 Å². The summed E-state index contributed by atoms with van der Waals surface area (Å²) in [6.45, 7) is 0. The van der Waals surface area contributed by atoms with Crippen LogP contribution in [0.15, 0.2) is 191 Å². The van der Waals surface area contributed by atoms with Gasteiger partial charge in [-0.3, -0.25) is 0 Å². The first-order chi connectivity index (χ1) is 28.2. The second kappa shape index (κ2) is 12.3. The molecule has 0 saturated heterocycles. The predicted octanol–water partition coefficient (Wildman–Crippen LogP) is 13.4. The Bertz CT molecular complexity index is 3410. The topological polar surface area (TPSA) is 69.9 Å². The lowest BCUT2D eigenvalue weighted by Gasteiger charge is -2.08. The summed E-state index contributed by atoms with van der Waals surface area (Å²) < 4.78 is 15.4. The molecule has 0 spiro atoms. The molecule has 57 heavy (non-hydrogen) atoms. The van der Waals surface area contributed by atoms with E-state index in [4.69, 9.17) is 23.8 Å². The Kier molecular flexibility index (Phi) is 6.83. The zero-order chi connectivity index (χ0) is 37.5. The van der Waals surface area contributed by atoms with Crippen LogP contribution in [0.25, 0.3) is 117 Å². The van der Waals surface area contributed by atoms with Gasteiger partial charge in [0.15, 0.2) is 17.5 Å². The zero-order valence-electron chi connectivity index (χ0n) is 30.4. The van der Waals surface area contributed by atoms with E-state index < -0.39 is 0 Å². The van der Waals surface area contributed by atoms with E-state index in [1.807, 2.05) is 72.8 Å². The van der Waals surface area contributed by atoms with Gasteiger partial charge in [-0.05, 0) is 65.7 Å². The third-order valence-electron chi connectivity index (χ3n) is 11.1. The van der Waals surface area contributed by atoms with E-state index in [1.165, 1.54) is 21.8 Å². The molecule has 12 aromatic rings. The standard InChI is InChI=1S/C51H30N4O2/c1-3-12-31(13-4-1)49-52-50(32-14-5-2-6-15-32)54-51(53-49)34-22-25-40-46(29-34)57-45-21-11-18-36(48(40)45)33-23-27-44-41(28-33)39-26-24-35(30-47(39)56-44)55-42-19-9-7-16-37(42)38-17-8-10-20-43(38)55/h1-30H. The van der Waals surface area contributed by atoms with Crippen LogP contribution >= 0.6 is 0 Å². The van der Waals surface area contributed by atoms with Crippen LogP contribution in [0.3, 0.4) is 0 Å². The van der Waals surface area contributed by atoms with Crippen molar-refractivity contribution in [3.63, 3.8) is 0 Å². The van der Waals surface area contributed by atoms with Crippen molar-refractivity contribution in [2.45, 2.75) is 0 Å². The molecule has 266 valence electrons. The van der Waals surface area contributed by atoms with Crippen LogP contribution in [0.1, 0.15) is 0 Å². The Morgan fingerprint density at radius 3 is 1.61 bits per heavy atom. The minimum atomic E-state index is 0.587. The number of hydrogen-bond acceptors (Lipinski definition) is 5. The first kappa shape index (κ1) is 31.5. The van der Waals surface area contributed by atoms with E-state index in [9.17, 15) is 0 Å². The molecular formula is C51H30N4O2. The minimum Gasteiger partial charge on any atom is -0.456 e. The maximum atomic E-state index is 6.57. The van der Waals surface area contributed by atoms with Gasteiger partial charge >= 0.3 is 0 Å². The molecule has 0 aliphatic heterocycles. The Morgan fingerprint density at radius 2 is 0.912 bits per heavy atom. The summed E-state index contributed by atoms with van der Waals surface area (Å²) in [7, 11) is 0. The highest BCUT2D eigenvalue weighted by atomic mass is 16.3. The number of para-hydroxylation sites is 2. The molecule has 0 radical (unpaired) electrons. The molecule has 8 aromatic carbocycles. The zero-order valence-corrected chi connectivity index (χ0v) is 30.4. The lowest BCUT2D eigenvalue weighted by atomic mass is 9.97. The number of rotatable bonds is 5. The van der Waals surface area contributed by atoms with Crippen LogP contribution in [0.4, 0.5) is 0 Å². The maximum Gasteiger partial charge on any atom is 0.164 e. The fourth-order valence-corrected chi connectivity index (χ4v) is 8.42. The van der Waals surface area contributed by atoms with E-state index in [1.54, 1.807) is 0 Å². The van der Waals surface area contributed by atoms with E-state index in [0.717, 1.165) is 77.4 Å². The van der Waals surface area contributed by atoms with Crippen molar-refractivity contribution in [3.05, 3.63) is 182 Å². The molecular weight excluding hydrogens is 701 g/mol. The van der Waals surface area contributed by atoms with Crippen molar-refractivity contribution in [1.29, 1.82) is 0 Å². The van der Waals surface area contributed by atoms with Gasteiger partial charge in [-0.25, -0.2) is 15.0 Å². The Labute approximate surface area is 325 Å². The van der Waals surface area contributed by atoms with Crippen LogP contribution in [0.2, 0.25) is 0 Å². The van der Waals surface area contributed by atoms with E-state index in [0.29, 0.717) is 17.5 Å². The molecule has 4 heterocycles. The van der Waals surface area contributed by atoms with Crippen molar-refractivity contribution in [2.24, 2.45) is 0 Å². The molecule has 6 nitrogen and oxygen atoms in total. The molecule has 4 aromatic heterocycles. The highest BCUT2D eigenvalue weighted by molar-refractivity contribution is 6.15. The van der Waals surface area contributed by atoms with Gasteiger partial charge < -0.3 is 13.4 Å². The largest absolute Gasteiger partial charge is 0.456 e. The third kappa shape index (κ3) is 5.01. The molecule has 0 bridgehead atoms. The third-order valence-corrected chi connectivity index (χ3v) is 11.1. The summed E-state index contributed by atoms with van der Waals surface area (Å²) in [5.41, 5.74) is 11.6. The smallest absolute Gasteiger partial charge is 0.164 e. The lowest BCUT2D eigenvalue weighted by Crippen LogP contribution is -2.00. The Balaban J connectivity index is 0.964. The van der Waals surface area contributed by atoms with Crippen molar-refractivity contribution in [1.82, 2.24) is 19.5 Å². The number of fused-ring (bicyclic) bond motifs is 9. The number of benzene rings is 8. The van der Waals surface area contributed by atoms with Gasteiger partial charge in [-0.15, -0.1) is 0 Å². The lowest BCUT2D eigenvalue weighted by molar-refractivity contribution is 0.668. The van der Waals surface area contributed by atoms with Crippen LogP contribution in [0, 0.1) is 0 Å². The van der Waals surface area contributed by atoms with Gasteiger partial charge in [0.1, 0.15) is 22.3 Å². The van der Waals surface area contributed by atoms with Gasteiger partial charge in [0.2, 0.25) is 0 Å². The van der Waals surface area contributed by atoms with E-state index >= 15 is 0 Å². The minimum absolute atomic E-state index is 0.587. The second-order valence-electron chi connectivity index (χ2n) is 14.4. The summed E-state index contributed by atoms with van der Waals surface area (Å²) in [5, 5.41) is 6.71. The SMILES string of the molecule is c1ccc(-c2nc(-c3ccccc3)nc(-c3ccc4c(c3)oc3cccc(-c5ccc6oc7cc(-n8c9ccccc9c9ccccc98)ccc7c6c5)c34)n2)cc1. The van der Waals surface area contributed by atoms with Crippen molar-refractivity contribution < 1.29 is 8.83 Å². The van der Waals surface area contributed by atoms with Gasteiger partial charge in [0.05, 0.1) is 11.0 Å². The first-order valence-electron chi connectivity index (χ1n) is 19.0. The highest BCUT2D eigenvalue weighted by Gasteiger charge is 2.19. The second-order valence-corrected chi connectivity index (χ2v) is 14.4. The summed E-state index contributed by atoms with van der Waals surface area (Å²) >= 11 is 0. The molecule has 0 saturated carbocycles. The predicted molar refractivity (Wildman–Crippen MR) is 230 cm³/mol. The van der Waals surface area contributed by atoms with E-state index in [2.05, 4.69) is 114 Å². The van der Waals surface area contributed by atoms with Gasteiger partial charge in [-0.2, -0.15) is 0 Å². The molecule has 0 fully saturated rings. The molecule has 0 amide bonds. The highest BCUT2D eigenvalue weighted by Crippen LogP contribution is 2.41. The van der Waals surface area contributed by atoms with Crippen LogP contribution in [0.5, 0.6) is 0 Å². The van der Waals surface area contributed by atoms with Crippen LogP contribution < -0.4 is 0 Å². The molecule has 0 aliphatic carbocycles. The van der Waals surface area contributed by atoms with Crippen molar-refractivity contribution in [3.8, 4) is 51.0 Å². The Morgan fingerprint density at radius 1 is 0.333 bits per heavy atom.